The van der Waals surface area contributed by atoms with Crippen LogP contribution in [0.3, 0.4) is 0 Å². The van der Waals surface area contributed by atoms with E-state index in [-0.39, 0.29) is 0 Å². The van der Waals surface area contributed by atoms with E-state index in [0.717, 1.165) is 10.8 Å². The van der Waals surface area contributed by atoms with E-state index in [9.17, 15) is 0 Å². The van der Waals surface area contributed by atoms with Crippen molar-refractivity contribution in [3.05, 3.63) is 41.1 Å². The second-order valence-corrected chi connectivity index (χ2v) is 11.4. The van der Waals surface area contributed by atoms with Crippen molar-refractivity contribution in [3.63, 3.8) is 0 Å². The van der Waals surface area contributed by atoms with Crippen LogP contribution >= 0.6 is 33.2 Å². The van der Waals surface area contributed by atoms with Gasteiger partial charge in [-0.25, -0.2) is 0 Å². The molecule has 1 rings (SSSR count). The molecule has 0 aliphatic carbocycles. The van der Waals surface area contributed by atoms with E-state index >= 15 is 0 Å². The third kappa shape index (κ3) is 3.73. The number of hydrogen-bond acceptors (Lipinski definition) is 0. The first kappa shape index (κ1) is 11.1. The number of halogens is 3. The van der Waals surface area contributed by atoms with Gasteiger partial charge in [-0.1, -0.05) is 36.4 Å². The Hall–Kier alpha value is 0.0469. The van der Waals surface area contributed by atoms with Crippen LogP contribution in [-0.2, 0) is 0 Å². The molecule has 1 aromatic rings. The van der Waals surface area contributed by atoms with Crippen LogP contribution < -0.4 is 0 Å². The monoisotopic (exact) mass is 250 g/mol. The highest BCUT2D eigenvalue weighted by atomic mass is 35.8. The quantitative estimate of drug-likeness (QED) is 0.543. The number of hydrogen-bond donors (Lipinski definition) is 0. The lowest BCUT2D eigenvalue weighted by molar-refractivity contribution is 1.62. The van der Waals surface area contributed by atoms with Crippen molar-refractivity contribution in [2.24, 2.45) is 0 Å². The van der Waals surface area contributed by atoms with E-state index in [1.54, 1.807) is 0 Å². The fraction of sp³-hybridized carbons (Fsp3) is 0.111. The SMILES string of the molecule is CC(=Cc1ccccc1)[Si](Cl)(Cl)Cl. The Labute approximate surface area is 93.2 Å². The Morgan fingerprint density at radius 2 is 1.69 bits per heavy atom. The fourth-order valence-corrected chi connectivity index (χ4v) is 1.70. The second-order valence-electron chi connectivity index (χ2n) is 2.74. The molecule has 0 radical (unpaired) electrons. The first-order chi connectivity index (χ1) is 6.00. The Morgan fingerprint density at radius 3 is 2.15 bits per heavy atom. The standard InChI is InChI=1S/C9H9Cl3Si/c1-8(13(10,11)12)7-9-5-3-2-4-6-9/h2-7H,1H3. The predicted molar refractivity (Wildman–Crippen MR) is 63.4 cm³/mol. The zero-order valence-corrected chi connectivity index (χ0v) is 10.4. The van der Waals surface area contributed by atoms with E-state index in [0.29, 0.717) is 0 Å². The van der Waals surface area contributed by atoms with E-state index in [1.807, 2.05) is 43.3 Å². The highest BCUT2D eigenvalue weighted by Gasteiger charge is 2.27. The summed E-state index contributed by atoms with van der Waals surface area (Å²) in [7, 11) is 0. The number of benzene rings is 1. The van der Waals surface area contributed by atoms with Gasteiger partial charge in [-0.05, 0) is 17.7 Å². The molecule has 0 heterocycles. The Morgan fingerprint density at radius 1 is 1.15 bits per heavy atom. The molecule has 1 aromatic carbocycles. The zero-order chi connectivity index (χ0) is 9.90. The maximum Gasteiger partial charge on any atom is 0.368 e. The molecule has 0 nitrogen and oxygen atoms in total. The van der Waals surface area contributed by atoms with Crippen molar-refractivity contribution in [3.8, 4) is 0 Å². The van der Waals surface area contributed by atoms with E-state index in [4.69, 9.17) is 33.2 Å². The molecular weight excluding hydrogens is 243 g/mol. The molecule has 0 aliphatic heterocycles. The summed E-state index contributed by atoms with van der Waals surface area (Å²) in [5.74, 6) is 0. The Bertz CT molecular complexity index is 300. The molecule has 0 saturated carbocycles. The lowest BCUT2D eigenvalue weighted by Gasteiger charge is -2.07. The second kappa shape index (κ2) is 4.51. The number of allylic oxidation sites excluding steroid dienone is 1. The van der Waals surface area contributed by atoms with Gasteiger partial charge in [0.05, 0.1) is 0 Å². The summed E-state index contributed by atoms with van der Waals surface area (Å²) in [5, 5.41) is 0.851. The maximum absolute atomic E-state index is 5.83. The largest absolute Gasteiger partial charge is 0.368 e. The van der Waals surface area contributed by atoms with Crippen molar-refractivity contribution in [1.29, 1.82) is 0 Å². The minimum atomic E-state index is -2.67. The molecular formula is C9H9Cl3Si. The average Bonchev–Trinajstić information content (AvgIpc) is 2.04. The third-order valence-corrected chi connectivity index (χ3v) is 5.35. The summed E-state index contributed by atoms with van der Waals surface area (Å²) in [6.07, 6.45) is 1.92. The Kier molecular flexibility index (Phi) is 3.86. The van der Waals surface area contributed by atoms with Crippen LogP contribution in [-0.4, -0.2) is 6.00 Å². The van der Waals surface area contributed by atoms with Crippen LogP contribution in [0.1, 0.15) is 12.5 Å². The smallest absolute Gasteiger partial charge is 0.121 e. The normalized spacial score (nSPS) is 13.1. The molecule has 0 aliphatic rings. The molecule has 0 unspecified atom stereocenters. The number of rotatable bonds is 2. The van der Waals surface area contributed by atoms with E-state index < -0.39 is 6.00 Å². The first-order valence-electron chi connectivity index (χ1n) is 3.80. The molecule has 0 N–H and O–H groups in total. The average molecular weight is 252 g/mol. The van der Waals surface area contributed by atoms with Crippen LogP contribution in [0.25, 0.3) is 6.08 Å². The Balaban J connectivity index is 2.90. The van der Waals surface area contributed by atoms with Gasteiger partial charge in [-0.2, -0.15) is 0 Å². The van der Waals surface area contributed by atoms with Gasteiger partial charge in [0.15, 0.2) is 0 Å². The minimum Gasteiger partial charge on any atom is -0.121 e. The fourth-order valence-electron chi connectivity index (χ4n) is 0.881. The molecule has 70 valence electrons. The van der Waals surface area contributed by atoms with Crippen LogP contribution in [0.5, 0.6) is 0 Å². The van der Waals surface area contributed by atoms with Crippen molar-refractivity contribution in [2.75, 3.05) is 0 Å². The van der Waals surface area contributed by atoms with Gasteiger partial charge in [0, 0.05) is 0 Å². The predicted octanol–water partition coefficient (Wildman–Crippen LogP) is 4.28. The zero-order valence-electron chi connectivity index (χ0n) is 7.10. The molecule has 4 heteroatoms. The summed E-state index contributed by atoms with van der Waals surface area (Å²) in [5.41, 5.74) is 1.07. The topological polar surface area (TPSA) is 0 Å². The summed E-state index contributed by atoms with van der Waals surface area (Å²) < 4.78 is 0. The van der Waals surface area contributed by atoms with Crippen molar-refractivity contribution in [2.45, 2.75) is 6.92 Å². The van der Waals surface area contributed by atoms with Gasteiger partial charge in [0.25, 0.3) is 0 Å². The van der Waals surface area contributed by atoms with Gasteiger partial charge < -0.3 is 0 Å². The first-order valence-corrected chi connectivity index (χ1v) is 8.84. The molecule has 0 atom stereocenters. The highest BCUT2D eigenvalue weighted by Crippen LogP contribution is 2.29. The van der Waals surface area contributed by atoms with E-state index in [2.05, 4.69) is 0 Å². The lowest BCUT2D eigenvalue weighted by atomic mass is 10.2. The minimum absolute atomic E-state index is 0.851. The van der Waals surface area contributed by atoms with Gasteiger partial charge >= 0.3 is 6.00 Å². The molecule has 0 saturated heterocycles. The lowest BCUT2D eigenvalue weighted by Crippen LogP contribution is -2.11. The molecule has 13 heavy (non-hydrogen) atoms. The molecule has 0 bridgehead atoms. The van der Waals surface area contributed by atoms with Gasteiger partial charge in [0.1, 0.15) is 0 Å². The highest BCUT2D eigenvalue weighted by molar-refractivity contribution is 7.67. The summed E-state index contributed by atoms with van der Waals surface area (Å²) in [6.45, 7) is 1.85. The summed E-state index contributed by atoms with van der Waals surface area (Å²) in [4.78, 5) is 0. The van der Waals surface area contributed by atoms with Crippen LogP contribution in [0.15, 0.2) is 35.5 Å². The van der Waals surface area contributed by atoms with E-state index in [1.165, 1.54) is 0 Å². The summed E-state index contributed by atoms with van der Waals surface area (Å²) in [6, 6.07) is 7.17. The van der Waals surface area contributed by atoms with Gasteiger partial charge in [0.2, 0.25) is 0 Å². The van der Waals surface area contributed by atoms with Crippen molar-refractivity contribution < 1.29 is 0 Å². The van der Waals surface area contributed by atoms with Crippen molar-refractivity contribution in [1.82, 2.24) is 0 Å². The van der Waals surface area contributed by atoms with Crippen LogP contribution in [0.2, 0.25) is 0 Å². The summed E-state index contributed by atoms with van der Waals surface area (Å²) >= 11 is 17.5. The molecule has 0 amide bonds. The van der Waals surface area contributed by atoms with Crippen LogP contribution in [0, 0.1) is 0 Å². The van der Waals surface area contributed by atoms with Gasteiger partial charge in [-0.3, -0.25) is 0 Å². The van der Waals surface area contributed by atoms with Gasteiger partial charge in [-0.15, -0.1) is 33.2 Å². The molecule has 0 spiro atoms. The van der Waals surface area contributed by atoms with Crippen LogP contribution in [0.4, 0.5) is 0 Å². The third-order valence-electron chi connectivity index (χ3n) is 1.63. The molecule has 0 fully saturated rings. The molecule has 0 aromatic heterocycles. The van der Waals surface area contributed by atoms with Crippen molar-refractivity contribution >= 4 is 45.3 Å². The maximum atomic E-state index is 5.83.